The zero-order valence-corrected chi connectivity index (χ0v) is 21.5. The Labute approximate surface area is 221 Å². The van der Waals surface area contributed by atoms with Crippen LogP contribution in [0.1, 0.15) is 79.0 Å². The maximum atomic E-state index is 12.3. The third-order valence-electron chi connectivity index (χ3n) is 6.52. The molecule has 8 nitrogen and oxygen atoms in total. The highest BCUT2D eigenvalue weighted by molar-refractivity contribution is 7.78. The molecule has 0 aliphatic heterocycles. The molecule has 1 amide bonds. The summed E-state index contributed by atoms with van der Waals surface area (Å²) in [4.78, 5) is 16.7. The first-order valence-corrected chi connectivity index (χ1v) is 13.0. The summed E-state index contributed by atoms with van der Waals surface area (Å²) in [5.41, 5.74) is 2.46. The third-order valence-corrected chi connectivity index (χ3v) is 6.80. The predicted octanol–water partition coefficient (Wildman–Crippen LogP) is 5.28. The van der Waals surface area contributed by atoms with Crippen LogP contribution in [0, 0.1) is 5.92 Å². The summed E-state index contributed by atoms with van der Waals surface area (Å²) >= 11 is 4.21. The Morgan fingerprint density at radius 3 is 2.47 bits per heavy atom. The molecule has 0 aromatic carbocycles. The van der Waals surface area contributed by atoms with E-state index in [1.165, 1.54) is 12.4 Å². The molecule has 3 aromatic rings. The Morgan fingerprint density at radius 1 is 1.13 bits per heavy atom. The van der Waals surface area contributed by atoms with Crippen LogP contribution >= 0.6 is 12.8 Å². The van der Waals surface area contributed by atoms with Crippen molar-refractivity contribution in [2.45, 2.75) is 82.6 Å². The molecule has 2 aliphatic rings. The van der Waals surface area contributed by atoms with Crippen LogP contribution in [0.5, 0.6) is 0 Å². The molecule has 208 valence electrons. The lowest BCUT2D eigenvalue weighted by atomic mass is 9.97. The number of carbonyl (C=O) groups excluding carboxylic acids is 1. The zero-order valence-electron chi connectivity index (χ0n) is 20.6. The predicted molar refractivity (Wildman–Crippen MR) is 133 cm³/mol. The van der Waals surface area contributed by atoms with E-state index >= 15 is 0 Å². The minimum atomic E-state index is -4.27. The second kappa shape index (κ2) is 12.0. The first kappa shape index (κ1) is 28.3. The average Bonchev–Trinajstić information content (AvgIpc) is 3.42. The Morgan fingerprint density at radius 2 is 1.87 bits per heavy atom. The summed E-state index contributed by atoms with van der Waals surface area (Å²) in [7, 11) is 0. The van der Waals surface area contributed by atoms with Crippen molar-refractivity contribution in [3.63, 3.8) is 0 Å². The first-order valence-electron chi connectivity index (χ1n) is 12.5. The van der Waals surface area contributed by atoms with Gasteiger partial charge in [-0.15, -0.1) is 0 Å². The Hall–Kier alpha value is -2.74. The lowest BCUT2D eigenvalue weighted by molar-refractivity contribution is -0.137. The van der Waals surface area contributed by atoms with E-state index in [-0.39, 0.29) is 37.5 Å². The number of imidazole rings is 1. The fourth-order valence-corrected chi connectivity index (χ4v) is 4.62. The number of aromatic nitrogens is 5. The lowest BCUT2D eigenvalue weighted by Crippen LogP contribution is -2.22. The Kier molecular flexibility index (Phi) is 8.91. The van der Waals surface area contributed by atoms with E-state index in [0.717, 1.165) is 29.5 Å². The van der Waals surface area contributed by atoms with E-state index in [1.807, 2.05) is 6.07 Å². The summed E-state index contributed by atoms with van der Waals surface area (Å²) in [6.45, 7) is -0.178. The lowest BCUT2D eigenvalue weighted by Gasteiger charge is -2.20. The summed E-state index contributed by atoms with van der Waals surface area (Å²) in [6, 6.07) is 2.06. The fraction of sp³-hybridized carbons (Fsp3) is 0.583. The SMILES string of the molecule is FC1(F)CCCCC1.O=C(NCc1cn2ncc(C(NS)C3CC3)cc2n1)c1cnn(CCC(F)(F)F)c1. The second-order valence-electron chi connectivity index (χ2n) is 9.72. The molecule has 0 saturated heterocycles. The third kappa shape index (κ3) is 8.13. The van der Waals surface area contributed by atoms with Crippen LogP contribution in [0.25, 0.3) is 5.65 Å². The highest BCUT2D eigenvalue weighted by atomic mass is 32.1. The van der Waals surface area contributed by atoms with Gasteiger partial charge >= 0.3 is 6.18 Å². The molecule has 14 heteroatoms. The number of alkyl halides is 5. The monoisotopic (exact) mass is 559 g/mol. The van der Waals surface area contributed by atoms with Gasteiger partial charge in [0, 0.05) is 31.6 Å². The average molecular weight is 560 g/mol. The molecule has 38 heavy (non-hydrogen) atoms. The van der Waals surface area contributed by atoms with Gasteiger partial charge in [0.1, 0.15) is 0 Å². The van der Waals surface area contributed by atoms with Gasteiger partial charge in [-0.1, -0.05) is 19.2 Å². The Balaban J connectivity index is 0.000000360. The van der Waals surface area contributed by atoms with Crippen molar-refractivity contribution < 1.29 is 26.7 Å². The van der Waals surface area contributed by atoms with E-state index < -0.39 is 24.4 Å². The number of carbonyl (C=O) groups is 1. The maximum absolute atomic E-state index is 12.3. The van der Waals surface area contributed by atoms with Gasteiger partial charge in [0.25, 0.3) is 5.91 Å². The smallest absolute Gasteiger partial charge is 0.346 e. The quantitative estimate of drug-likeness (QED) is 0.258. The number of amides is 1. The highest BCUT2D eigenvalue weighted by Gasteiger charge is 2.32. The fourth-order valence-electron chi connectivity index (χ4n) is 4.26. The van der Waals surface area contributed by atoms with Gasteiger partial charge in [0.15, 0.2) is 5.65 Å². The molecule has 2 fully saturated rings. The van der Waals surface area contributed by atoms with Crippen LogP contribution in [0.2, 0.25) is 0 Å². The number of halogens is 5. The van der Waals surface area contributed by atoms with Crippen LogP contribution in [0.4, 0.5) is 22.0 Å². The molecule has 3 aromatic heterocycles. The van der Waals surface area contributed by atoms with Crippen LogP contribution < -0.4 is 10.0 Å². The number of thiol groups is 1. The van der Waals surface area contributed by atoms with E-state index in [1.54, 1.807) is 16.9 Å². The Bertz CT molecular complexity index is 1220. The molecular weight excluding hydrogens is 529 g/mol. The first-order chi connectivity index (χ1) is 18.0. The van der Waals surface area contributed by atoms with Gasteiger partial charge in [-0.2, -0.15) is 23.4 Å². The van der Waals surface area contributed by atoms with Gasteiger partial charge in [-0.3, -0.25) is 14.2 Å². The molecule has 5 rings (SSSR count). The molecule has 2 aliphatic carbocycles. The topological polar surface area (TPSA) is 89.1 Å². The number of nitrogens with one attached hydrogen (secondary N) is 2. The minimum absolute atomic E-state index is 0.118. The molecule has 3 heterocycles. The molecule has 0 spiro atoms. The highest BCUT2D eigenvalue weighted by Crippen LogP contribution is 2.41. The van der Waals surface area contributed by atoms with Crippen LogP contribution in [-0.2, 0) is 13.1 Å². The molecule has 2 N–H and O–H groups in total. The van der Waals surface area contributed by atoms with E-state index in [4.69, 9.17) is 0 Å². The van der Waals surface area contributed by atoms with Crippen LogP contribution in [0.15, 0.2) is 30.9 Å². The van der Waals surface area contributed by atoms with Crippen molar-refractivity contribution in [2.75, 3.05) is 0 Å². The maximum Gasteiger partial charge on any atom is 0.390 e. The number of fused-ring (bicyclic) bond motifs is 1. The van der Waals surface area contributed by atoms with Crippen molar-refractivity contribution in [1.82, 2.24) is 34.4 Å². The molecule has 1 atom stereocenters. The van der Waals surface area contributed by atoms with Crippen molar-refractivity contribution in [3.8, 4) is 0 Å². The molecule has 1 unspecified atom stereocenters. The van der Waals surface area contributed by atoms with Crippen molar-refractivity contribution >= 4 is 24.4 Å². The summed E-state index contributed by atoms with van der Waals surface area (Å²) in [6.07, 6.45) is 5.72. The van der Waals surface area contributed by atoms with Gasteiger partial charge in [-0.25, -0.2) is 18.3 Å². The molecular formula is C24H30F5N7OS. The van der Waals surface area contributed by atoms with Gasteiger partial charge in [0.05, 0.1) is 42.8 Å². The van der Waals surface area contributed by atoms with Crippen LogP contribution in [0.3, 0.4) is 0 Å². The number of hydrogen-bond acceptors (Lipinski definition) is 6. The van der Waals surface area contributed by atoms with E-state index in [0.29, 0.717) is 30.1 Å². The number of rotatable bonds is 8. The van der Waals surface area contributed by atoms with Crippen molar-refractivity contribution in [2.24, 2.45) is 5.92 Å². The van der Waals surface area contributed by atoms with E-state index in [2.05, 4.69) is 38.0 Å². The molecule has 0 radical (unpaired) electrons. The summed E-state index contributed by atoms with van der Waals surface area (Å²) < 4.78 is 67.0. The van der Waals surface area contributed by atoms with Gasteiger partial charge in [-0.05, 0) is 43.2 Å². The van der Waals surface area contributed by atoms with Crippen molar-refractivity contribution in [1.29, 1.82) is 0 Å². The normalized spacial score (nSPS) is 18.1. The van der Waals surface area contributed by atoms with Crippen LogP contribution in [-0.4, -0.2) is 42.4 Å². The minimum Gasteiger partial charge on any atom is -0.346 e. The van der Waals surface area contributed by atoms with Gasteiger partial charge < -0.3 is 5.32 Å². The largest absolute Gasteiger partial charge is 0.390 e. The zero-order chi connectivity index (χ0) is 27.3. The molecule has 2 saturated carbocycles. The summed E-state index contributed by atoms with van der Waals surface area (Å²) in [5.74, 6) is -2.21. The van der Waals surface area contributed by atoms with Crippen molar-refractivity contribution in [3.05, 3.63) is 47.7 Å². The number of hydrogen-bond donors (Lipinski definition) is 3. The number of aryl methyl sites for hydroxylation is 1. The number of nitrogens with zero attached hydrogens (tertiary/aromatic N) is 5. The van der Waals surface area contributed by atoms with Gasteiger partial charge in [0.2, 0.25) is 5.92 Å². The summed E-state index contributed by atoms with van der Waals surface area (Å²) in [5, 5.41) is 10.9. The standard InChI is InChI=1S/C18H20F3N7OS.C6H10F2/c19-18(20,21)3-4-27-9-13(7-23-27)17(29)22-8-14-10-28-15(25-14)5-12(6-24-28)16(26-30)11-1-2-11;7-6(8)4-2-1-3-5-6/h5-7,9-11,16,26,30H,1-4,8H2,(H,22,29);1-5H2. The van der Waals surface area contributed by atoms with E-state index in [9.17, 15) is 26.7 Å². The molecule has 0 bridgehead atoms. The second-order valence-corrected chi connectivity index (χ2v) is 9.98.